The van der Waals surface area contributed by atoms with Crippen LogP contribution >= 0.6 is 0 Å². The first-order chi connectivity index (χ1) is 14.4. The van der Waals surface area contributed by atoms with Gasteiger partial charge in [-0.05, 0) is 63.9 Å². The normalized spacial score (nSPS) is 19.5. The predicted molar refractivity (Wildman–Crippen MR) is 125 cm³/mol. The fourth-order valence-electron chi connectivity index (χ4n) is 4.26. The molecule has 4 rings (SSSR count). The summed E-state index contributed by atoms with van der Waals surface area (Å²) >= 11 is 0. The number of anilines is 4. The Morgan fingerprint density at radius 1 is 1.13 bits per heavy atom. The highest BCUT2D eigenvalue weighted by atomic mass is 15.3. The van der Waals surface area contributed by atoms with E-state index >= 15 is 0 Å². The van der Waals surface area contributed by atoms with Gasteiger partial charge in [-0.3, -0.25) is 0 Å². The van der Waals surface area contributed by atoms with Crippen LogP contribution in [0, 0.1) is 0 Å². The van der Waals surface area contributed by atoms with Crippen LogP contribution in [-0.4, -0.2) is 45.7 Å². The van der Waals surface area contributed by atoms with Crippen LogP contribution in [0.5, 0.6) is 0 Å². The van der Waals surface area contributed by atoms with Crippen LogP contribution in [-0.2, 0) is 0 Å². The van der Waals surface area contributed by atoms with Gasteiger partial charge in [-0.25, -0.2) is 4.98 Å². The first kappa shape index (κ1) is 20.5. The van der Waals surface area contributed by atoms with E-state index < -0.39 is 0 Å². The molecule has 0 spiro atoms. The van der Waals surface area contributed by atoms with Gasteiger partial charge in [0.15, 0.2) is 5.65 Å². The van der Waals surface area contributed by atoms with Crippen molar-refractivity contribution in [3.8, 4) is 0 Å². The lowest BCUT2D eigenvalue weighted by Gasteiger charge is -2.33. The highest BCUT2D eigenvalue weighted by Crippen LogP contribution is 2.29. The van der Waals surface area contributed by atoms with Gasteiger partial charge in [-0.15, -0.1) is 0 Å². The van der Waals surface area contributed by atoms with Gasteiger partial charge in [-0.2, -0.15) is 9.61 Å². The molecular weight excluding hydrogens is 374 g/mol. The standard InChI is InChI=1S/C23H33N7/c1-15(2)20-14-25-30-22(27-18-7-5-6-16(24)12-18)13-21(28-23(20)30)26-17-8-10-19(11-9-17)29(3)4/h5-7,12-15,17,19,27H,8-11,24H2,1-4H3,(H,26,28). The van der Waals surface area contributed by atoms with E-state index in [9.17, 15) is 0 Å². The van der Waals surface area contributed by atoms with Gasteiger partial charge in [0.05, 0.1) is 6.20 Å². The molecule has 0 bridgehead atoms. The topological polar surface area (TPSA) is 83.5 Å². The average Bonchev–Trinajstić information content (AvgIpc) is 3.13. The van der Waals surface area contributed by atoms with Gasteiger partial charge < -0.3 is 21.3 Å². The Morgan fingerprint density at radius 2 is 1.90 bits per heavy atom. The third-order valence-corrected chi connectivity index (χ3v) is 6.06. The summed E-state index contributed by atoms with van der Waals surface area (Å²) in [6.45, 7) is 4.35. The molecule has 0 saturated heterocycles. The molecule has 1 aliphatic carbocycles. The summed E-state index contributed by atoms with van der Waals surface area (Å²) < 4.78 is 1.88. The molecule has 2 aromatic heterocycles. The number of fused-ring (bicyclic) bond motifs is 1. The number of nitrogens with one attached hydrogen (secondary N) is 2. The van der Waals surface area contributed by atoms with E-state index in [1.165, 1.54) is 12.8 Å². The molecule has 2 heterocycles. The molecule has 30 heavy (non-hydrogen) atoms. The Bertz CT molecular complexity index is 1000. The number of nitrogens with zero attached hydrogens (tertiary/aromatic N) is 4. The zero-order chi connectivity index (χ0) is 21.3. The minimum Gasteiger partial charge on any atom is -0.399 e. The van der Waals surface area contributed by atoms with Crippen molar-refractivity contribution in [2.75, 3.05) is 30.5 Å². The van der Waals surface area contributed by atoms with E-state index in [1.807, 2.05) is 41.0 Å². The van der Waals surface area contributed by atoms with Crippen molar-refractivity contribution in [3.63, 3.8) is 0 Å². The van der Waals surface area contributed by atoms with Gasteiger partial charge in [0.2, 0.25) is 0 Å². The Morgan fingerprint density at radius 3 is 2.57 bits per heavy atom. The van der Waals surface area contributed by atoms with Gasteiger partial charge in [0.25, 0.3) is 0 Å². The molecule has 3 aromatic rings. The Balaban J connectivity index is 1.63. The van der Waals surface area contributed by atoms with Crippen LogP contribution in [0.2, 0.25) is 0 Å². The van der Waals surface area contributed by atoms with E-state index in [0.29, 0.717) is 18.0 Å². The molecule has 1 saturated carbocycles. The Hall–Kier alpha value is -2.80. The highest BCUT2D eigenvalue weighted by molar-refractivity contribution is 5.67. The molecule has 160 valence electrons. The number of nitrogen functional groups attached to an aromatic ring is 1. The van der Waals surface area contributed by atoms with Crippen LogP contribution in [0.15, 0.2) is 36.5 Å². The third kappa shape index (κ3) is 4.36. The van der Waals surface area contributed by atoms with E-state index in [-0.39, 0.29) is 0 Å². The smallest absolute Gasteiger partial charge is 0.163 e. The highest BCUT2D eigenvalue weighted by Gasteiger charge is 2.23. The summed E-state index contributed by atoms with van der Waals surface area (Å²) in [5, 5.41) is 11.8. The van der Waals surface area contributed by atoms with Gasteiger partial charge in [-0.1, -0.05) is 19.9 Å². The summed E-state index contributed by atoms with van der Waals surface area (Å²) in [4.78, 5) is 7.28. The van der Waals surface area contributed by atoms with Crippen LogP contribution in [0.4, 0.5) is 23.0 Å². The molecule has 7 heteroatoms. The number of hydrogen-bond donors (Lipinski definition) is 3. The summed E-state index contributed by atoms with van der Waals surface area (Å²) in [5.41, 5.74) is 9.66. The maximum Gasteiger partial charge on any atom is 0.163 e. The molecule has 0 aliphatic heterocycles. The van der Waals surface area contributed by atoms with Crippen molar-refractivity contribution < 1.29 is 0 Å². The Kier molecular flexibility index (Phi) is 5.81. The molecule has 7 nitrogen and oxygen atoms in total. The third-order valence-electron chi connectivity index (χ3n) is 6.06. The summed E-state index contributed by atoms with van der Waals surface area (Å²) in [7, 11) is 4.35. The van der Waals surface area contributed by atoms with Crippen LogP contribution in [0.1, 0.15) is 51.0 Å². The molecular formula is C23H33N7. The quantitative estimate of drug-likeness (QED) is 0.523. The monoisotopic (exact) mass is 407 g/mol. The summed E-state index contributed by atoms with van der Waals surface area (Å²) in [6, 6.07) is 10.9. The first-order valence-corrected chi connectivity index (χ1v) is 10.8. The van der Waals surface area contributed by atoms with Crippen LogP contribution in [0.3, 0.4) is 0 Å². The summed E-state index contributed by atoms with van der Waals surface area (Å²) in [6.07, 6.45) is 6.66. The zero-order valence-corrected chi connectivity index (χ0v) is 18.4. The molecule has 1 aromatic carbocycles. The van der Waals surface area contributed by atoms with Gasteiger partial charge in [0.1, 0.15) is 11.6 Å². The van der Waals surface area contributed by atoms with E-state index in [1.54, 1.807) is 0 Å². The van der Waals surface area contributed by atoms with Crippen LogP contribution < -0.4 is 16.4 Å². The second kappa shape index (κ2) is 8.52. The number of rotatable bonds is 6. The van der Waals surface area contributed by atoms with Crippen molar-refractivity contribution >= 4 is 28.7 Å². The SMILES string of the molecule is CC(C)c1cnn2c(Nc3cccc(N)c3)cc(NC3CCC(N(C)C)CC3)nc12. The number of hydrogen-bond acceptors (Lipinski definition) is 6. The fraction of sp³-hybridized carbons (Fsp3) is 0.478. The van der Waals surface area contributed by atoms with E-state index in [0.717, 1.165) is 47.1 Å². The lowest BCUT2D eigenvalue weighted by molar-refractivity contribution is 0.221. The molecule has 1 aliphatic rings. The fourth-order valence-corrected chi connectivity index (χ4v) is 4.26. The van der Waals surface area contributed by atoms with Crippen molar-refractivity contribution in [2.24, 2.45) is 0 Å². The molecule has 0 atom stereocenters. The maximum atomic E-state index is 5.96. The summed E-state index contributed by atoms with van der Waals surface area (Å²) in [5.74, 6) is 2.12. The lowest BCUT2D eigenvalue weighted by atomic mass is 9.90. The van der Waals surface area contributed by atoms with Gasteiger partial charge >= 0.3 is 0 Å². The second-order valence-electron chi connectivity index (χ2n) is 8.88. The molecule has 4 N–H and O–H groups in total. The van der Waals surface area contributed by atoms with Crippen molar-refractivity contribution in [3.05, 3.63) is 42.1 Å². The number of nitrogens with two attached hydrogens (primary N) is 1. The van der Waals surface area contributed by atoms with Crippen molar-refractivity contribution in [1.29, 1.82) is 0 Å². The van der Waals surface area contributed by atoms with E-state index in [2.05, 4.69) is 48.6 Å². The molecule has 0 radical (unpaired) electrons. The van der Waals surface area contributed by atoms with E-state index in [4.69, 9.17) is 10.7 Å². The zero-order valence-electron chi connectivity index (χ0n) is 18.4. The lowest BCUT2D eigenvalue weighted by Crippen LogP contribution is -2.36. The maximum absolute atomic E-state index is 5.96. The first-order valence-electron chi connectivity index (χ1n) is 10.8. The predicted octanol–water partition coefficient (Wildman–Crippen LogP) is 4.46. The Labute approximate surface area is 178 Å². The number of benzene rings is 1. The van der Waals surface area contributed by atoms with Gasteiger partial charge in [0, 0.05) is 35.1 Å². The van der Waals surface area contributed by atoms with Crippen molar-refractivity contribution in [2.45, 2.75) is 57.5 Å². The molecule has 0 unspecified atom stereocenters. The minimum absolute atomic E-state index is 0.348. The minimum atomic E-state index is 0.348. The number of aromatic nitrogens is 3. The van der Waals surface area contributed by atoms with Crippen LogP contribution in [0.25, 0.3) is 5.65 Å². The molecule has 1 fully saturated rings. The second-order valence-corrected chi connectivity index (χ2v) is 8.88. The average molecular weight is 408 g/mol. The largest absolute Gasteiger partial charge is 0.399 e. The van der Waals surface area contributed by atoms with Crippen molar-refractivity contribution in [1.82, 2.24) is 19.5 Å². The molecule has 0 amide bonds.